The highest BCUT2D eigenvalue weighted by atomic mass is 32.2. The standard InChI is InChI=1S/C23H30N6O2S2/c1-15-23(32-17(3)24-15)33(30)27-18-5-4-8-29(14-18)22-20-7-6-19(28-9-11-31-12-10-28)13-21(20)25-16(2)26-22/h6-7,13,18,27H,4-5,8-12,14H2,1-3H3. The first kappa shape index (κ1) is 22.8. The van der Waals surface area contributed by atoms with Gasteiger partial charge in [0.25, 0.3) is 4.21 Å². The van der Waals surface area contributed by atoms with Gasteiger partial charge in [0, 0.05) is 37.3 Å². The lowest BCUT2D eigenvalue weighted by molar-refractivity contribution is 0.122. The molecule has 5 rings (SSSR count). The third-order valence-corrected chi connectivity index (χ3v) is 8.92. The molecular formula is C23H30N6O2S2. The molecule has 0 radical (unpaired) electrons. The summed E-state index contributed by atoms with van der Waals surface area (Å²) < 4.78 is 22.6. The van der Waals surface area contributed by atoms with Gasteiger partial charge >= 0.3 is 0 Å². The van der Waals surface area contributed by atoms with Crippen LogP contribution in [-0.2, 0) is 16.1 Å². The Morgan fingerprint density at radius 3 is 2.67 bits per heavy atom. The van der Waals surface area contributed by atoms with E-state index in [1.807, 2.05) is 20.8 Å². The van der Waals surface area contributed by atoms with Gasteiger partial charge in [-0.25, -0.2) is 15.0 Å². The first-order valence-corrected chi connectivity index (χ1v) is 13.4. The Balaban J connectivity index is 1.37. The molecular weight excluding hydrogens is 456 g/mol. The summed E-state index contributed by atoms with van der Waals surface area (Å²) in [6, 6.07) is 6.61. The summed E-state index contributed by atoms with van der Waals surface area (Å²) in [7, 11) is 0. The van der Waals surface area contributed by atoms with Gasteiger partial charge in [-0.05, 0) is 51.8 Å². The summed E-state index contributed by atoms with van der Waals surface area (Å²) in [4.78, 5) is 18.6. The molecule has 0 saturated carbocycles. The van der Waals surface area contributed by atoms with Crippen molar-refractivity contribution in [3.63, 3.8) is 0 Å². The number of thiazole rings is 1. The van der Waals surface area contributed by atoms with Crippen LogP contribution in [0, 0.1) is 20.8 Å². The number of ether oxygens (including phenoxy) is 1. The molecule has 8 nitrogen and oxygen atoms in total. The third-order valence-electron chi connectivity index (χ3n) is 6.17. The maximum Gasteiger partial charge on any atom is 0.250 e. The largest absolute Gasteiger partial charge is 0.592 e. The van der Waals surface area contributed by atoms with Gasteiger partial charge in [0.1, 0.15) is 17.3 Å². The van der Waals surface area contributed by atoms with Gasteiger partial charge < -0.3 is 19.1 Å². The fourth-order valence-electron chi connectivity index (χ4n) is 4.63. The van der Waals surface area contributed by atoms with E-state index in [0.717, 1.165) is 89.7 Å². The molecule has 33 heavy (non-hydrogen) atoms. The van der Waals surface area contributed by atoms with Crippen molar-refractivity contribution in [1.29, 1.82) is 0 Å². The van der Waals surface area contributed by atoms with E-state index in [4.69, 9.17) is 14.7 Å². The zero-order valence-corrected chi connectivity index (χ0v) is 21.0. The summed E-state index contributed by atoms with van der Waals surface area (Å²) in [5.74, 6) is 1.74. The number of piperidine rings is 1. The zero-order valence-electron chi connectivity index (χ0n) is 19.3. The van der Waals surface area contributed by atoms with E-state index in [-0.39, 0.29) is 6.04 Å². The molecule has 3 aromatic rings. The monoisotopic (exact) mass is 486 g/mol. The summed E-state index contributed by atoms with van der Waals surface area (Å²) in [5.41, 5.74) is 3.00. The molecule has 0 spiro atoms. The molecule has 2 unspecified atom stereocenters. The smallest absolute Gasteiger partial charge is 0.250 e. The van der Waals surface area contributed by atoms with E-state index in [0.29, 0.717) is 0 Å². The summed E-state index contributed by atoms with van der Waals surface area (Å²) in [5, 5.41) is 2.01. The maximum atomic E-state index is 13.0. The van der Waals surface area contributed by atoms with Crippen molar-refractivity contribution in [3.8, 4) is 0 Å². The third kappa shape index (κ3) is 4.95. The highest BCUT2D eigenvalue weighted by molar-refractivity contribution is 7.91. The molecule has 1 aromatic carbocycles. The molecule has 2 aromatic heterocycles. The van der Waals surface area contributed by atoms with Crippen LogP contribution in [0.3, 0.4) is 0 Å². The molecule has 4 heterocycles. The highest BCUT2D eigenvalue weighted by Crippen LogP contribution is 2.30. The molecule has 0 bridgehead atoms. The molecule has 1 N–H and O–H groups in total. The predicted octanol–water partition coefficient (Wildman–Crippen LogP) is 3.13. The van der Waals surface area contributed by atoms with E-state index in [9.17, 15) is 4.55 Å². The van der Waals surface area contributed by atoms with Crippen molar-refractivity contribution in [2.45, 2.75) is 43.9 Å². The molecule has 176 valence electrons. The maximum absolute atomic E-state index is 13.0. The van der Waals surface area contributed by atoms with Crippen LogP contribution in [0.4, 0.5) is 11.5 Å². The number of nitrogens with zero attached hydrogens (tertiary/aromatic N) is 5. The molecule has 2 fully saturated rings. The molecule has 10 heteroatoms. The van der Waals surface area contributed by atoms with Gasteiger partial charge in [0.05, 0.1) is 41.1 Å². The second kappa shape index (κ2) is 9.71. The Kier molecular flexibility index (Phi) is 6.71. The van der Waals surface area contributed by atoms with Crippen LogP contribution in [0.25, 0.3) is 10.9 Å². The van der Waals surface area contributed by atoms with Crippen LogP contribution in [0.5, 0.6) is 0 Å². The van der Waals surface area contributed by atoms with E-state index in [1.54, 1.807) is 0 Å². The second-order valence-electron chi connectivity index (χ2n) is 8.67. The average molecular weight is 487 g/mol. The van der Waals surface area contributed by atoms with Crippen molar-refractivity contribution in [2.24, 2.45) is 0 Å². The highest BCUT2D eigenvalue weighted by Gasteiger charge is 2.29. The van der Waals surface area contributed by atoms with E-state index < -0.39 is 11.4 Å². The zero-order chi connectivity index (χ0) is 22.9. The Labute approximate surface area is 201 Å². The fraction of sp³-hybridized carbons (Fsp3) is 0.522. The number of nitrogens with one attached hydrogen (secondary N) is 1. The van der Waals surface area contributed by atoms with Gasteiger partial charge in [0.2, 0.25) is 0 Å². The lowest BCUT2D eigenvalue weighted by atomic mass is 10.1. The molecule has 2 saturated heterocycles. The SMILES string of the molecule is Cc1nc(N2CCCC(N[S+]([O-])c3sc(C)nc3C)C2)c2ccc(N3CCOCC3)cc2n1. The number of anilines is 2. The van der Waals surface area contributed by atoms with Crippen molar-refractivity contribution in [1.82, 2.24) is 19.7 Å². The first-order valence-electron chi connectivity index (χ1n) is 11.5. The number of benzene rings is 1. The van der Waals surface area contributed by atoms with Crippen molar-refractivity contribution in [3.05, 3.63) is 34.7 Å². The van der Waals surface area contributed by atoms with Crippen LogP contribution < -0.4 is 14.5 Å². The number of aryl methyl sites for hydroxylation is 3. The van der Waals surface area contributed by atoms with E-state index in [1.165, 1.54) is 17.0 Å². The summed E-state index contributed by atoms with van der Waals surface area (Å²) in [6.07, 6.45) is 2.01. The Morgan fingerprint density at radius 2 is 1.91 bits per heavy atom. The van der Waals surface area contributed by atoms with Gasteiger partial charge in [-0.15, -0.1) is 4.72 Å². The van der Waals surface area contributed by atoms with Gasteiger partial charge in [-0.2, -0.15) is 0 Å². The van der Waals surface area contributed by atoms with Gasteiger partial charge in [-0.3, -0.25) is 0 Å². The van der Waals surface area contributed by atoms with Gasteiger partial charge in [-0.1, -0.05) is 11.3 Å². The molecule has 0 amide bonds. The van der Waals surface area contributed by atoms with Crippen LogP contribution in [0.2, 0.25) is 0 Å². The van der Waals surface area contributed by atoms with Crippen LogP contribution in [0.1, 0.15) is 29.4 Å². The second-order valence-corrected chi connectivity index (χ2v) is 11.3. The number of fused-ring (bicyclic) bond motifs is 1. The number of rotatable bonds is 5. The minimum Gasteiger partial charge on any atom is -0.592 e. The molecule has 0 aliphatic carbocycles. The normalized spacial score (nSPS) is 20.4. The molecule has 2 atom stereocenters. The average Bonchev–Trinajstić information content (AvgIpc) is 3.16. The van der Waals surface area contributed by atoms with Gasteiger partial charge in [0.15, 0.2) is 0 Å². The van der Waals surface area contributed by atoms with Crippen LogP contribution in [-0.4, -0.2) is 64.9 Å². The lowest BCUT2D eigenvalue weighted by Gasteiger charge is -2.34. The summed E-state index contributed by atoms with van der Waals surface area (Å²) in [6.45, 7) is 10.8. The fourth-order valence-corrected chi connectivity index (χ4v) is 7.00. The topological polar surface area (TPSA) is 89.5 Å². The Bertz CT molecular complexity index is 1130. The first-order chi connectivity index (χ1) is 16.0. The number of aromatic nitrogens is 3. The van der Waals surface area contributed by atoms with E-state index in [2.05, 4.69) is 37.7 Å². The quantitative estimate of drug-likeness (QED) is 0.550. The van der Waals surface area contributed by atoms with Crippen molar-refractivity contribution >= 4 is 45.1 Å². The number of hydrogen-bond donors (Lipinski definition) is 1. The Morgan fingerprint density at radius 1 is 1.09 bits per heavy atom. The number of hydrogen-bond acceptors (Lipinski definition) is 9. The predicted molar refractivity (Wildman–Crippen MR) is 134 cm³/mol. The van der Waals surface area contributed by atoms with E-state index >= 15 is 0 Å². The molecule has 2 aliphatic heterocycles. The summed E-state index contributed by atoms with van der Waals surface area (Å²) >= 11 is 0.255. The minimum absolute atomic E-state index is 0.124. The van der Waals surface area contributed by atoms with Crippen LogP contribution in [0.15, 0.2) is 22.4 Å². The number of morpholine rings is 1. The van der Waals surface area contributed by atoms with Crippen molar-refractivity contribution < 1.29 is 9.29 Å². The van der Waals surface area contributed by atoms with Crippen molar-refractivity contribution in [2.75, 3.05) is 49.2 Å². The lowest BCUT2D eigenvalue weighted by Crippen LogP contribution is -2.48. The Hall–Kier alpha value is -1.98. The minimum atomic E-state index is -1.25. The van der Waals surface area contributed by atoms with Crippen LogP contribution >= 0.6 is 11.3 Å². The molecule has 2 aliphatic rings.